The molecule has 0 spiro atoms. The number of hydrazone groups is 1. The number of nitrogens with one attached hydrogen (secondary N) is 1. The number of hydrogen-bond acceptors (Lipinski definition) is 7. The van der Waals surface area contributed by atoms with E-state index in [1.165, 1.54) is 6.21 Å². The molecule has 5 rings (SSSR count). The average Bonchev–Trinajstić information content (AvgIpc) is 2.91. The van der Waals surface area contributed by atoms with E-state index in [1.54, 1.807) is 16.8 Å². The lowest BCUT2D eigenvalue weighted by Gasteiger charge is -2.35. The highest BCUT2D eigenvalue weighted by Gasteiger charge is 2.27. The highest BCUT2D eigenvalue weighted by Crippen LogP contribution is 2.45. The lowest BCUT2D eigenvalue weighted by molar-refractivity contribution is -0.116. The molecule has 1 aromatic heterocycles. The number of likely N-dealkylation sites (tertiary alicyclic amines) is 1. The number of aromatic nitrogens is 1. The van der Waals surface area contributed by atoms with Crippen LogP contribution < -0.4 is 10.3 Å². The predicted octanol–water partition coefficient (Wildman–Crippen LogP) is 6.38. The fraction of sp³-hybridized carbons (Fsp3) is 0.267. The van der Waals surface area contributed by atoms with Crippen molar-refractivity contribution in [1.29, 1.82) is 0 Å². The van der Waals surface area contributed by atoms with Crippen LogP contribution in [0.1, 0.15) is 40.8 Å². The first-order valence-electron chi connectivity index (χ1n) is 13.0. The number of anilines is 1. The third kappa shape index (κ3) is 6.41. The number of rotatable bonds is 9. The van der Waals surface area contributed by atoms with E-state index in [0.717, 1.165) is 65.3 Å². The van der Waals surface area contributed by atoms with Gasteiger partial charge in [0.1, 0.15) is 18.3 Å². The van der Waals surface area contributed by atoms with Crippen molar-refractivity contribution in [1.82, 2.24) is 15.2 Å². The van der Waals surface area contributed by atoms with E-state index < -0.39 is 0 Å². The quantitative estimate of drug-likeness (QED) is 0.229. The highest BCUT2D eigenvalue weighted by molar-refractivity contribution is 7.99. The minimum absolute atomic E-state index is 0.142. The van der Waals surface area contributed by atoms with Gasteiger partial charge in [-0.15, -0.1) is 0 Å². The van der Waals surface area contributed by atoms with Crippen LogP contribution in [0.15, 0.2) is 76.8 Å². The Morgan fingerprint density at radius 2 is 1.93 bits per heavy atom. The number of thioether (sulfide) groups is 1. The average molecular weight is 595 g/mol. The molecule has 206 valence electrons. The first-order valence-corrected chi connectivity index (χ1v) is 14.7. The van der Waals surface area contributed by atoms with Gasteiger partial charge in [-0.3, -0.25) is 9.69 Å². The van der Waals surface area contributed by atoms with Gasteiger partial charge >= 0.3 is 0 Å². The summed E-state index contributed by atoms with van der Waals surface area (Å²) in [6, 6.07) is 15.8. The number of aryl methyl sites for hydroxylation is 1. The second-order valence-corrected chi connectivity index (χ2v) is 11.8. The summed E-state index contributed by atoms with van der Waals surface area (Å²) >= 11 is 14.8. The number of carbonyl (C=O) groups is 2. The lowest BCUT2D eigenvalue weighted by Crippen LogP contribution is -2.46. The van der Waals surface area contributed by atoms with Gasteiger partial charge in [-0.05, 0) is 72.0 Å². The second kappa shape index (κ2) is 12.6. The summed E-state index contributed by atoms with van der Waals surface area (Å²) in [4.78, 5) is 29.8. The monoisotopic (exact) mass is 593 g/mol. The van der Waals surface area contributed by atoms with Gasteiger partial charge in [0.05, 0.1) is 16.0 Å². The molecule has 3 heterocycles. The van der Waals surface area contributed by atoms with Crippen molar-refractivity contribution in [3.05, 3.63) is 98.9 Å². The van der Waals surface area contributed by atoms with Crippen LogP contribution in [-0.2, 0) is 16.1 Å². The van der Waals surface area contributed by atoms with E-state index in [0.29, 0.717) is 15.9 Å². The molecule has 0 saturated carbocycles. The van der Waals surface area contributed by atoms with E-state index in [9.17, 15) is 9.59 Å². The molecule has 0 radical (unpaired) electrons. The maximum atomic E-state index is 11.9. The van der Waals surface area contributed by atoms with E-state index in [2.05, 4.69) is 21.4 Å². The molecular weight excluding hydrogens is 565 g/mol. The first-order chi connectivity index (χ1) is 19.3. The summed E-state index contributed by atoms with van der Waals surface area (Å²) in [5.41, 5.74) is 4.87. The van der Waals surface area contributed by atoms with Gasteiger partial charge in [-0.2, -0.15) is 5.10 Å². The molecule has 2 aromatic carbocycles. The SMILES string of the molecule is CC/C=C1\NC(=O)C=NN1c1cc(C)c(C(Sc2ccc(CN3CC(C=O)C3)cn2)c2ccc(Cl)cc2)c(Cl)c1. The van der Waals surface area contributed by atoms with E-state index in [-0.39, 0.29) is 17.1 Å². The van der Waals surface area contributed by atoms with Gasteiger partial charge < -0.3 is 10.1 Å². The molecule has 40 heavy (non-hydrogen) atoms. The van der Waals surface area contributed by atoms with Crippen LogP contribution in [0.2, 0.25) is 10.0 Å². The third-order valence-electron chi connectivity index (χ3n) is 6.79. The van der Waals surface area contributed by atoms with E-state index in [1.807, 2.05) is 68.6 Å². The van der Waals surface area contributed by atoms with Gasteiger partial charge in [0, 0.05) is 41.8 Å². The summed E-state index contributed by atoms with van der Waals surface area (Å²) in [7, 11) is 0. The maximum Gasteiger partial charge on any atom is 0.269 e. The van der Waals surface area contributed by atoms with Crippen molar-refractivity contribution in [3.8, 4) is 0 Å². The van der Waals surface area contributed by atoms with Crippen molar-refractivity contribution >= 4 is 59.1 Å². The van der Waals surface area contributed by atoms with Crippen molar-refractivity contribution in [2.75, 3.05) is 18.1 Å². The van der Waals surface area contributed by atoms with Crippen LogP contribution in [0.25, 0.3) is 0 Å². The molecule has 0 aliphatic carbocycles. The number of aldehydes is 1. The van der Waals surface area contributed by atoms with Crippen molar-refractivity contribution < 1.29 is 9.59 Å². The molecule has 1 amide bonds. The third-order valence-corrected chi connectivity index (χ3v) is 8.58. The Morgan fingerprint density at radius 3 is 2.58 bits per heavy atom. The maximum absolute atomic E-state index is 11.9. The molecule has 2 aliphatic rings. The van der Waals surface area contributed by atoms with Crippen LogP contribution in [-0.4, -0.2) is 41.4 Å². The summed E-state index contributed by atoms with van der Waals surface area (Å²) in [5, 5.41) is 10.9. The fourth-order valence-electron chi connectivity index (χ4n) is 4.82. The van der Waals surface area contributed by atoms with E-state index in [4.69, 9.17) is 28.2 Å². The first kappa shape index (κ1) is 28.4. The summed E-state index contributed by atoms with van der Waals surface area (Å²) < 4.78 is 0. The molecule has 7 nitrogen and oxygen atoms in total. The zero-order valence-corrected chi connectivity index (χ0v) is 24.5. The normalized spacial score (nSPS) is 17.6. The number of benzene rings is 2. The summed E-state index contributed by atoms with van der Waals surface area (Å²) in [5.74, 6) is 0.492. The van der Waals surface area contributed by atoms with E-state index >= 15 is 0 Å². The Labute approximate surface area is 248 Å². The molecule has 10 heteroatoms. The zero-order valence-electron chi connectivity index (χ0n) is 22.2. The van der Waals surface area contributed by atoms with Crippen LogP contribution in [0.5, 0.6) is 0 Å². The molecule has 3 aromatic rings. The summed E-state index contributed by atoms with van der Waals surface area (Å²) in [6.07, 6.45) is 6.84. The predicted molar refractivity (Wildman–Crippen MR) is 162 cm³/mol. The molecule has 1 atom stereocenters. The summed E-state index contributed by atoms with van der Waals surface area (Å²) in [6.45, 7) is 6.41. The molecule has 1 saturated heterocycles. The molecule has 2 aliphatic heterocycles. The number of amides is 1. The number of allylic oxidation sites excluding steroid dienone is 1. The molecular formula is C30H29Cl2N5O2S. The number of pyridine rings is 1. The standard InChI is InChI=1S/C30H29Cl2N5O2S/c1-3-4-26-35-27(39)14-34-37(26)24-11-19(2)29(25(32)12-24)30(22-6-8-23(31)9-7-22)40-28-10-5-20(13-33-28)15-36-16-21(17-36)18-38/h4-14,18,21,30H,3,15-17H2,1-2H3,(H,35,39)/b26-4+. The second-order valence-electron chi connectivity index (χ2n) is 9.85. The van der Waals surface area contributed by atoms with Gasteiger partial charge in [-0.1, -0.05) is 60.1 Å². The van der Waals surface area contributed by atoms with Crippen LogP contribution >= 0.6 is 35.0 Å². The Morgan fingerprint density at radius 1 is 1.15 bits per heavy atom. The van der Waals surface area contributed by atoms with Crippen molar-refractivity contribution in [2.24, 2.45) is 11.0 Å². The van der Waals surface area contributed by atoms with Crippen molar-refractivity contribution in [3.63, 3.8) is 0 Å². The van der Waals surface area contributed by atoms with Crippen molar-refractivity contribution in [2.45, 2.75) is 37.1 Å². The Kier molecular flexibility index (Phi) is 8.90. The molecule has 1 fully saturated rings. The largest absolute Gasteiger partial charge is 0.306 e. The molecule has 0 bridgehead atoms. The van der Waals surface area contributed by atoms with Crippen LogP contribution in [0, 0.1) is 12.8 Å². The van der Waals surface area contributed by atoms with Crippen LogP contribution in [0.3, 0.4) is 0 Å². The smallest absolute Gasteiger partial charge is 0.269 e. The van der Waals surface area contributed by atoms with Gasteiger partial charge in [0.2, 0.25) is 0 Å². The minimum atomic E-state index is -0.261. The lowest BCUT2D eigenvalue weighted by atomic mass is 9.99. The highest BCUT2D eigenvalue weighted by atomic mass is 35.5. The minimum Gasteiger partial charge on any atom is -0.306 e. The molecule has 1 N–H and O–H groups in total. The zero-order chi connectivity index (χ0) is 28.2. The Balaban J connectivity index is 1.44. The number of hydrogen-bond donors (Lipinski definition) is 1. The number of nitrogens with zero attached hydrogens (tertiary/aromatic N) is 4. The Hall–Kier alpha value is -3.17. The van der Waals surface area contributed by atoms with Gasteiger partial charge in [0.25, 0.3) is 5.91 Å². The molecule has 1 unspecified atom stereocenters. The van der Waals surface area contributed by atoms with Gasteiger partial charge in [-0.25, -0.2) is 9.99 Å². The van der Waals surface area contributed by atoms with Crippen LogP contribution in [0.4, 0.5) is 5.69 Å². The number of carbonyl (C=O) groups excluding carboxylic acids is 2. The number of halogens is 2. The fourth-order valence-corrected chi connectivity index (χ4v) is 6.61. The topological polar surface area (TPSA) is 77.9 Å². The Bertz CT molecular complexity index is 1430. The van der Waals surface area contributed by atoms with Gasteiger partial charge in [0.15, 0.2) is 0 Å².